The van der Waals surface area contributed by atoms with E-state index in [1.165, 1.54) is 6.26 Å². The van der Waals surface area contributed by atoms with E-state index in [0.717, 1.165) is 31.6 Å². The van der Waals surface area contributed by atoms with Crippen LogP contribution in [0, 0.1) is 5.92 Å². The molecule has 1 saturated heterocycles. The van der Waals surface area contributed by atoms with E-state index in [1.807, 2.05) is 10.9 Å². The Balaban J connectivity index is 1.84. The molecule has 1 aliphatic rings. The molecule has 1 fully saturated rings. The minimum atomic E-state index is -3.08. The van der Waals surface area contributed by atoms with Gasteiger partial charge in [0, 0.05) is 25.6 Å². The molecule has 1 aromatic heterocycles. The summed E-state index contributed by atoms with van der Waals surface area (Å²) in [6.07, 6.45) is 7.82. The first-order valence-electron chi connectivity index (χ1n) is 7.09. The van der Waals surface area contributed by atoms with E-state index in [0.29, 0.717) is 19.7 Å². The van der Waals surface area contributed by atoms with Crippen molar-refractivity contribution in [2.24, 2.45) is 5.92 Å². The zero-order chi connectivity index (χ0) is 14.6. The third kappa shape index (κ3) is 4.21. The third-order valence-electron chi connectivity index (χ3n) is 3.50. The number of rotatable bonds is 6. The van der Waals surface area contributed by atoms with Gasteiger partial charge in [0.2, 0.25) is 10.0 Å². The first-order valence-corrected chi connectivity index (χ1v) is 8.94. The minimum Gasteiger partial charge on any atom is -0.490 e. The number of ether oxygens (including phenoxy) is 1. The van der Waals surface area contributed by atoms with Crippen LogP contribution in [0.5, 0.6) is 5.75 Å². The van der Waals surface area contributed by atoms with Crippen molar-refractivity contribution in [2.45, 2.75) is 32.7 Å². The summed E-state index contributed by atoms with van der Waals surface area (Å²) in [5.74, 6) is 1.02. The Labute approximate surface area is 120 Å². The summed E-state index contributed by atoms with van der Waals surface area (Å²) < 4.78 is 32.2. The quantitative estimate of drug-likeness (QED) is 0.795. The van der Waals surface area contributed by atoms with Gasteiger partial charge in [-0.1, -0.05) is 6.92 Å². The van der Waals surface area contributed by atoms with Crippen LogP contribution in [0.1, 0.15) is 26.2 Å². The normalized spacial score (nSPS) is 21.0. The third-order valence-corrected chi connectivity index (χ3v) is 4.77. The number of piperidine rings is 1. The second-order valence-electron chi connectivity index (χ2n) is 5.38. The van der Waals surface area contributed by atoms with E-state index in [2.05, 4.69) is 12.0 Å². The molecule has 114 valence electrons. The Kier molecular flexibility index (Phi) is 5.04. The monoisotopic (exact) mass is 301 g/mol. The fourth-order valence-corrected chi connectivity index (χ4v) is 3.39. The Bertz CT molecular complexity index is 527. The van der Waals surface area contributed by atoms with Crippen molar-refractivity contribution >= 4 is 10.0 Å². The number of aromatic nitrogens is 2. The maximum absolute atomic E-state index is 11.6. The van der Waals surface area contributed by atoms with Crippen molar-refractivity contribution < 1.29 is 13.2 Å². The largest absolute Gasteiger partial charge is 0.490 e. The first-order chi connectivity index (χ1) is 9.49. The van der Waals surface area contributed by atoms with Gasteiger partial charge in [-0.05, 0) is 19.3 Å². The van der Waals surface area contributed by atoms with E-state index in [9.17, 15) is 8.42 Å². The maximum Gasteiger partial charge on any atom is 0.211 e. The van der Waals surface area contributed by atoms with Crippen LogP contribution in [0.4, 0.5) is 0 Å². The molecule has 7 heteroatoms. The summed E-state index contributed by atoms with van der Waals surface area (Å²) in [5, 5.41) is 4.21. The molecule has 2 heterocycles. The van der Waals surface area contributed by atoms with Gasteiger partial charge in [0.15, 0.2) is 5.75 Å². The van der Waals surface area contributed by atoms with Gasteiger partial charge >= 0.3 is 0 Å². The van der Waals surface area contributed by atoms with Crippen LogP contribution < -0.4 is 4.74 Å². The van der Waals surface area contributed by atoms with Gasteiger partial charge in [-0.25, -0.2) is 12.7 Å². The predicted molar refractivity (Wildman–Crippen MR) is 77.2 cm³/mol. The number of aryl methyl sites for hydroxylation is 1. The summed E-state index contributed by atoms with van der Waals surface area (Å²) in [7, 11) is -3.08. The highest BCUT2D eigenvalue weighted by atomic mass is 32.2. The summed E-state index contributed by atoms with van der Waals surface area (Å²) in [4.78, 5) is 0. The van der Waals surface area contributed by atoms with E-state index >= 15 is 0 Å². The van der Waals surface area contributed by atoms with E-state index in [1.54, 1.807) is 10.5 Å². The van der Waals surface area contributed by atoms with E-state index in [-0.39, 0.29) is 5.92 Å². The standard InChI is InChI=1S/C13H23N3O3S/c1-3-6-15-10-13(8-14-15)19-11-12-5-4-7-16(9-12)20(2,17)18/h8,10,12H,3-7,9,11H2,1-2H3. The van der Waals surface area contributed by atoms with Gasteiger partial charge in [-0.15, -0.1) is 0 Å². The van der Waals surface area contributed by atoms with Crippen molar-refractivity contribution in [3.05, 3.63) is 12.4 Å². The van der Waals surface area contributed by atoms with Crippen molar-refractivity contribution in [1.82, 2.24) is 14.1 Å². The second-order valence-corrected chi connectivity index (χ2v) is 7.36. The van der Waals surface area contributed by atoms with Crippen molar-refractivity contribution in [3.63, 3.8) is 0 Å². The first kappa shape index (κ1) is 15.3. The molecule has 1 atom stereocenters. The molecule has 0 bridgehead atoms. The van der Waals surface area contributed by atoms with Crippen molar-refractivity contribution in [1.29, 1.82) is 0 Å². The van der Waals surface area contributed by atoms with E-state index < -0.39 is 10.0 Å². The Hall–Kier alpha value is -1.08. The van der Waals surface area contributed by atoms with E-state index in [4.69, 9.17) is 4.74 Å². The molecule has 0 spiro atoms. The van der Waals surface area contributed by atoms with Gasteiger partial charge in [0.1, 0.15) is 0 Å². The SMILES string of the molecule is CCCn1cc(OCC2CCCN(S(C)(=O)=O)C2)cn1. The lowest BCUT2D eigenvalue weighted by atomic mass is 10.0. The van der Waals surface area contributed by atoms with Crippen LogP contribution in [0.15, 0.2) is 12.4 Å². The summed E-state index contributed by atoms with van der Waals surface area (Å²) in [5.41, 5.74) is 0. The van der Waals surface area contributed by atoms with Crippen LogP contribution in [0.2, 0.25) is 0 Å². The Morgan fingerprint density at radius 2 is 2.30 bits per heavy atom. The molecule has 0 N–H and O–H groups in total. The highest BCUT2D eigenvalue weighted by Crippen LogP contribution is 2.20. The van der Waals surface area contributed by atoms with Gasteiger partial charge in [0.25, 0.3) is 0 Å². The fraction of sp³-hybridized carbons (Fsp3) is 0.769. The number of sulfonamides is 1. The lowest BCUT2D eigenvalue weighted by molar-refractivity contribution is 0.180. The predicted octanol–water partition coefficient (Wildman–Crippen LogP) is 1.34. The lowest BCUT2D eigenvalue weighted by Gasteiger charge is -2.30. The Morgan fingerprint density at radius 3 is 3.00 bits per heavy atom. The van der Waals surface area contributed by atoms with Gasteiger partial charge in [-0.2, -0.15) is 5.10 Å². The summed E-state index contributed by atoms with van der Waals surface area (Å²) >= 11 is 0. The van der Waals surface area contributed by atoms with Crippen LogP contribution >= 0.6 is 0 Å². The van der Waals surface area contributed by atoms with Crippen LogP contribution in [0.3, 0.4) is 0 Å². The molecule has 0 aromatic carbocycles. The average Bonchev–Trinajstić information content (AvgIpc) is 2.84. The molecule has 1 aliphatic heterocycles. The molecule has 0 aliphatic carbocycles. The van der Waals surface area contributed by atoms with Crippen LogP contribution in [-0.4, -0.2) is 48.5 Å². The minimum absolute atomic E-state index is 0.257. The zero-order valence-corrected chi connectivity index (χ0v) is 13.0. The number of hydrogen-bond donors (Lipinski definition) is 0. The van der Waals surface area contributed by atoms with Crippen molar-refractivity contribution in [3.8, 4) is 5.75 Å². The van der Waals surface area contributed by atoms with Crippen LogP contribution in [-0.2, 0) is 16.6 Å². The van der Waals surface area contributed by atoms with Gasteiger partial charge in [0.05, 0.1) is 25.3 Å². The summed E-state index contributed by atoms with van der Waals surface area (Å²) in [6.45, 7) is 4.72. The summed E-state index contributed by atoms with van der Waals surface area (Å²) in [6, 6.07) is 0. The van der Waals surface area contributed by atoms with Crippen LogP contribution in [0.25, 0.3) is 0 Å². The Morgan fingerprint density at radius 1 is 1.50 bits per heavy atom. The fourth-order valence-electron chi connectivity index (χ4n) is 2.45. The molecule has 0 radical (unpaired) electrons. The molecular formula is C13H23N3O3S. The molecule has 2 rings (SSSR count). The maximum atomic E-state index is 11.6. The molecule has 0 saturated carbocycles. The highest BCUT2D eigenvalue weighted by Gasteiger charge is 2.26. The topological polar surface area (TPSA) is 64.4 Å². The smallest absolute Gasteiger partial charge is 0.211 e. The molecule has 20 heavy (non-hydrogen) atoms. The molecule has 6 nitrogen and oxygen atoms in total. The van der Waals surface area contributed by atoms with Gasteiger partial charge < -0.3 is 4.74 Å². The average molecular weight is 301 g/mol. The molecule has 1 unspecified atom stereocenters. The van der Waals surface area contributed by atoms with Gasteiger partial charge in [-0.3, -0.25) is 4.68 Å². The second kappa shape index (κ2) is 6.58. The van der Waals surface area contributed by atoms with Crippen molar-refractivity contribution in [2.75, 3.05) is 26.0 Å². The number of nitrogens with zero attached hydrogens (tertiary/aromatic N) is 3. The molecule has 1 aromatic rings. The molecule has 0 amide bonds. The lowest BCUT2D eigenvalue weighted by Crippen LogP contribution is -2.40. The number of hydrogen-bond acceptors (Lipinski definition) is 4. The highest BCUT2D eigenvalue weighted by molar-refractivity contribution is 7.88. The molecular weight excluding hydrogens is 278 g/mol. The zero-order valence-electron chi connectivity index (χ0n) is 12.2.